The Balaban J connectivity index is 4.33. The van der Waals surface area contributed by atoms with Gasteiger partial charge in [-0.1, -0.05) is 0 Å². The summed E-state index contributed by atoms with van der Waals surface area (Å²) >= 11 is 5.15. The van der Waals surface area contributed by atoms with E-state index >= 15 is 0 Å². The molecule has 0 aliphatic rings. The van der Waals surface area contributed by atoms with Crippen LogP contribution in [-0.4, -0.2) is 49.0 Å². The van der Waals surface area contributed by atoms with Gasteiger partial charge in [-0.2, -0.15) is 13.2 Å². The molecule has 0 atom stereocenters. The molecule has 0 bridgehead atoms. The van der Waals surface area contributed by atoms with Crippen molar-refractivity contribution in [3.63, 3.8) is 0 Å². The quantitative estimate of drug-likeness (QED) is 0.551. The van der Waals surface area contributed by atoms with Gasteiger partial charge in [0.1, 0.15) is 12.4 Å². The lowest BCUT2D eigenvalue weighted by Crippen LogP contribution is -2.40. The molecule has 1 amide bonds. The minimum absolute atomic E-state index is 0.296. The molecular weight excluding hydrogens is 251 g/mol. The van der Waals surface area contributed by atoms with Crippen molar-refractivity contribution >= 4 is 23.5 Å². The van der Waals surface area contributed by atoms with E-state index in [0.717, 1.165) is 7.11 Å². The Labute approximate surface area is 95.3 Å². The Hall–Kier alpha value is -0.980. The van der Waals surface area contributed by atoms with Crippen molar-refractivity contribution in [3.8, 4) is 0 Å². The SMILES string of the molecule is COC(=O)CCN(CC(F)(F)F)C(=O)CCl. The number of halogens is 4. The minimum Gasteiger partial charge on any atom is -0.469 e. The number of methoxy groups -OCH3 is 1. The van der Waals surface area contributed by atoms with Gasteiger partial charge in [-0.3, -0.25) is 9.59 Å². The third-order valence-electron chi connectivity index (χ3n) is 1.65. The Morgan fingerprint density at radius 2 is 1.94 bits per heavy atom. The number of carbonyl (C=O) groups excluding carboxylic acids is 2. The lowest BCUT2D eigenvalue weighted by Gasteiger charge is -2.22. The molecule has 94 valence electrons. The first-order chi connectivity index (χ1) is 7.30. The highest BCUT2D eigenvalue weighted by Crippen LogP contribution is 2.17. The van der Waals surface area contributed by atoms with E-state index in [2.05, 4.69) is 4.74 Å². The van der Waals surface area contributed by atoms with Crippen LogP contribution < -0.4 is 0 Å². The maximum Gasteiger partial charge on any atom is 0.406 e. The second-order valence-electron chi connectivity index (χ2n) is 2.89. The minimum atomic E-state index is -4.52. The predicted molar refractivity (Wildman–Crippen MR) is 50.0 cm³/mol. The molecule has 0 unspecified atom stereocenters. The lowest BCUT2D eigenvalue weighted by atomic mass is 10.3. The number of hydrogen-bond donors (Lipinski definition) is 0. The highest BCUT2D eigenvalue weighted by molar-refractivity contribution is 6.27. The van der Waals surface area contributed by atoms with Crippen molar-refractivity contribution in [2.24, 2.45) is 0 Å². The second kappa shape index (κ2) is 6.57. The molecule has 0 spiro atoms. The maximum atomic E-state index is 12.1. The van der Waals surface area contributed by atoms with Gasteiger partial charge in [0.25, 0.3) is 0 Å². The normalized spacial score (nSPS) is 11.1. The molecule has 0 aliphatic heterocycles. The fraction of sp³-hybridized carbons (Fsp3) is 0.750. The first-order valence-corrected chi connectivity index (χ1v) is 4.81. The van der Waals surface area contributed by atoms with Gasteiger partial charge in [-0.25, -0.2) is 0 Å². The number of rotatable bonds is 5. The van der Waals surface area contributed by atoms with Crippen molar-refractivity contribution in [1.82, 2.24) is 4.90 Å². The Morgan fingerprint density at radius 3 is 2.31 bits per heavy atom. The number of nitrogens with zero attached hydrogens (tertiary/aromatic N) is 1. The van der Waals surface area contributed by atoms with E-state index in [9.17, 15) is 22.8 Å². The summed E-state index contributed by atoms with van der Waals surface area (Å²) < 4.78 is 40.4. The highest BCUT2D eigenvalue weighted by atomic mass is 35.5. The second-order valence-corrected chi connectivity index (χ2v) is 3.16. The molecule has 16 heavy (non-hydrogen) atoms. The van der Waals surface area contributed by atoms with Gasteiger partial charge in [0.2, 0.25) is 5.91 Å². The zero-order valence-electron chi connectivity index (χ0n) is 8.51. The van der Waals surface area contributed by atoms with Gasteiger partial charge in [-0.05, 0) is 0 Å². The number of hydrogen-bond acceptors (Lipinski definition) is 3. The van der Waals surface area contributed by atoms with E-state index in [-0.39, 0.29) is 13.0 Å². The van der Waals surface area contributed by atoms with Crippen LogP contribution in [0.3, 0.4) is 0 Å². The van der Waals surface area contributed by atoms with Crippen LogP contribution in [0.25, 0.3) is 0 Å². The van der Waals surface area contributed by atoms with Crippen molar-refractivity contribution in [3.05, 3.63) is 0 Å². The largest absolute Gasteiger partial charge is 0.469 e. The number of amides is 1. The summed E-state index contributed by atoms with van der Waals surface area (Å²) in [5, 5.41) is 0. The van der Waals surface area contributed by atoms with Crippen molar-refractivity contribution < 1.29 is 27.5 Å². The lowest BCUT2D eigenvalue weighted by molar-refractivity contribution is -0.161. The van der Waals surface area contributed by atoms with Crippen LogP contribution in [0.15, 0.2) is 0 Å². The summed E-state index contributed by atoms with van der Waals surface area (Å²) in [6, 6.07) is 0. The van der Waals surface area contributed by atoms with Gasteiger partial charge < -0.3 is 9.64 Å². The number of esters is 1. The topological polar surface area (TPSA) is 46.6 Å². The zero-order valence-corrected chi connectivity index (χ0v) is 9.27. The first-order valence-electron chi connectivity index (χ1n) is 4.27. The molecule has 0 aromatic heterocycles. The van der Waals surface area contributed by atoms with E-state index in [1.807, 2.05) is 0 Å². The molecule has 4 nitrogen and oxygen atoms in total. The van der Waals surface area contributed by atoms with Gasteiger partial charge in [0.05, 0.1) is 13.5 Å². The average Bonchev–Trinajstić information content (AvgIpc) is 2.20. The van der Waals surface area contributed by atoms with Crippen molar-refractivity contribution in [2.75, 3.05) is 26.1 Å². The molecule has 0 radical (unpaired) electrons. The molecule has 0 fully saturated rings. The summed E-state index contributed by atoms with van der Waals surface area (Å²) in [6.07, 6.45) is -4.81. The molecule has 0 aliphatic carbocycles. The summed E-state index contributed by atoms with van der Waals surface area (Å²) in [7, 11) is 1.11. The highest BCUT2D eigenvalue weighted by Gasteiger charge is 2.32. The van der Waals surface area contributed by atoms with E-state index in [0.29, 0.717) is 4.90 Å². The van der Waals surface area contributed by atoms with Crippen LogP contribution in [0.1, 0.15) is 6.42 Å². The monoisotopic (exact) mass is 261 g/mol. The van der Waals surface area contributed by atoms with Gasteiger partial charge in [0, 0.05) is 6.54 Å². The Bertz CT molecular complexity index is 257. The Morgan fingerprint density at radius 1 is 1.38 bits per heavy atom. The Kier molecular flexibility index (Phi) is 6.17. The van der Waals surface area contributed by atoms with E-state index in [1.54, 1.807) is 0 Å². The molecule has 8 heteroatoms. The standard InChI is InChI=1S/C8H11ClF3NO3/c1-16-7(15)2-3-13(6(14)4-9)5-8(10,11)12/h2-5H2,1H3. The third-order valence-corrected chi connectivity index (χ3v) is 1.88. The van der Waals surface area contributed by atoms with Crippen LogP contribution in [0.4, 0.5) is 13.2 Å². The number of ether oxygens (including phenoxy) is 1. The molecule has 0 aromatic carbocycles. The van der Waals surface area contributed by atoms with E-state index in [4.69, 9.17) is 11.6 Å². The summed E-state index contributed by atoms with van der Waals surface area (Å²) in [5.41, 5.74) is 0. The summed E-state index contributed by atoms with van der Waals surface area (Å²) in [4.78, 5) is 22.2. The summed E-state index contributed by atoms with van der Waals surface area (Å²) in [6.45, 7) is -1.78. The predicted octanol–water partition coefficient (Wildman–Crippen LogP) is 1.18. The molecule has 0 saturated heterocycles. The molecule has 0 N–H and O–H groups in total. The van der Waals surface area contributed by atoms with Crippen LogP contribution in [0, 0.1) is 0 Å². The molecule has 0 saturated carbocycles. The van der Waals surface area contributed by atoms with Crippen molar-refractivity contribution in [2.45, 2.75) is 12.6 Å². The van der Waals surface area contributed by atoms with Crippen molar-refractivity contribution in [1.29, 1.82) is 0 Å². The van der Waals surface area contributed by atoms with Crippen LogP contribution >= 0.6 is 11.6 Å². The first kappa shape index (κ1) is 15.0. The summed E-state index contributed by atoms with van der Waals surface area (Å²) in [5.74, 6) is -2.12. The third kappa shape index (κ3) is 6.49. The number of carbonyl (C=O) groups is 2. The van der Waals surface area contributed by atoms with Gasteiger partial charge in [-0.15, -0.1) is 11.6 Å². The molecule has 0 heterocycles. The van der Waals surface area contributed by atoms with Crippen LogP contribution in [-0.2, 0) is 14.3 Å². The van der Waals surface area contributed by atoms with Crippen LogP contribution in [0.5, 0.6) is 0 Å². The van der Waals surface area contributed by atoms with E-state index in [1.165, 1.54) is 0 Å². The smallest absolute Gasteiger partial charge is 0.406 e. The fourth-order valence-corrected chi connectivity index (χ4v) is 1.09. The van der Waals surface area contributed by atoms with E-state index < -0.39 is 30.5 Å². The zero-order chi connectivity index (χ0) is 12.8. The average molecular weight is 262 g/mol. The molecular formula is C8H11ClF3NO3. The molecule has 0 rings (SSSR count). The van der Waals surface area contributed by atoms with Crippen LogP contribution in [0.2, 0.25) is 0 Å². The molecule has 0 aromatic rings. The van der Waals surface area contributed by atoms with Gasteiger partial charge >= 0.3 is 12.1 Å². The number of alkyl halides is 4. The maximum absolute atomic E-state index is 12.1. The fourth-order valence-electron chi connectivity index (χ4n) is 0.921. The van der Waals surface area contributed by atoms with Gasteiger partial charge in [0.15, 0.2) is 0 Å².